The zero-order valence-corrected chi connectivity index (χ0v) is 23.2. The largest absolute Gasteiger partial charge is 0.427 e. The minimum atomic E-state index is -4.82. The molecular formula is C28H29F4N5O6. The second-order valence-corrected chi connectivity index (χ2v) is 10.2. The monoisotopic (exact) mass is 607 g/mol. The summed E-state index contributed by atoms with van der Waals surface area (Å²) in [5.41, 5.74) is 4.92. The molecule has 6 amide bonds. The number of anilines is 1. The summed E-state index contributed by atoms with van der Waals surface area (Å²) < 4.78 is 59.7. The van der Waals surface area contributed by atoms with Crippen molar-refractivity contribution in [3.8, 4) is 0 Å². The van der Waals surface area contributed by atoms with Crippen molar-refractivity contribution >= 4 is 35.5 Å². The normalized spacial score (nSPS) is 18.3. The van der Waals surface area contributed by atoms with Crippen LogP contribution in [0.5, 0.6) is 0 Å². The number of nitrogens with one attached hydrogen (secondary N) is 1. The van der Waals surface area contributed by atoms with Gasteiger partial charge in [0.15, 0.2) is 0 Å². The number of urea groups is 1. The van der Waals surface area contributed by atoms with Gasteiger partial charge in [-0.25, -0.2) is 18.9 Å². The Labute approximate surface area is 243 Å². The number of aryl methyl sites for hydroxylation is 1. The van der Waals surface area contributed by atoms with Crippen molar-refractivity contribution in [3.63, 3.8) is 0 Å². The Kier molecular flexibility index (Phi) is 8.76. The second-order valence-electron chi connectivity index (χ2n) is 10.2. The molecule has 0 bridgehead atoms. The number of nitrogens with two attached hydrogens (primary N) is 1. The van der Waals surface area contributed by atoms with Crippen LogP contribution in [0, 0.1) is 5.82 Å². The molecule has 3 N–H and O–H groups in total. The molecule has 2 aliphatic rings. The number of fused-ring (bicyclic) bond motifs is 2. The molecule has 0 radical (unpaired) electrons. The lowest BCUT2D eigenvalue weighted by Gasteiger charge is -2.31. The van der Waals surface area contributed by atoms with Crippen molar-refractivity contribution < 1.29 is 46.3 Å². The predicted octanol–water partition coefficient (Wildman–Crippen LogP) is 3.26. The van der Waals surface area contributed by atoms with Crippen LogP contribution in [-0.2, 0) is 37.7 Å². The van der Waals surface area contributed by atoms with E-state index in [0.29, 0.717) is 26.6 Å². The van der Waals surface area contributed by atoms with Gasteiger partial charge in [-0.1, -0.05) is 18.2 Å². The number of amides is 6. The Bertz CT molecular complexity index is 1450. The highest BCUT2D eigenvalue weighted by atomic mass is 19.4. The van der Waals surface area contributed by atoms with Gasteiger partial charge in [-0.2, -0.15) is 13.2 Å². The first-order valence-corrected chi connectivity index (χ1v) is 13.2. The standard InChI is InChI=1S/C28H29F4N5O6/c1-16(28(30,31)32)36(14-17-3-5-19(29)6-4-17)23(39)15-37-24(40)27(43-26(37)42)11-9-18-13-20(7-8-21(18)27)34-25(41)35(2)22(38)10-12-33/h3-8,13,16H,9-12,14-15,33H2,1-2H3,(H,34,41)/t16-,27+/m0/s1. The molecule has 2 aromatic carbocycles. The lowest BCUT2D eigenvalue weighted by molar-refractivity contribution is -0.187. The number of benzene rings is 2. The first kappa shape index (κ1) is 31.4. The fourth-order valence-corrected chi connectivity index (χ4v) is 4.97. The average molecular weight is 608 g/mol. The van der Waals surface area contributed by atoms with Gasteiger partial charge in [0.1, 0.15) is 18.4 Å². The van der Waals surface area contributed by atoms with Crippen molar-refractivity contribution in [2.75, 3.05) is 25.5 Å². The molecule has 1 aliphatic heterocycles. The summed E-state index contributed by atoms with van der Waals surface area (Å²) in [7, 11) is 1.29. The number of hydrogen-bond acceptors (Lipinski definition) is 7. The lowest BCUT2D eigenvalue weighted by atomic mass is 9.94. The molecule has 1 fully saturated rings. The van der Waals surface area contributed by atoms with Gasteiger partial charge in [0.05, 0.1) is 0 Å². The van der Waals surface area contributed by atoms with Crippen LogP contribution in [0.15, 0.2) is 42.5 Å². The van der Waals surface area contributed by atoms with Crippen LogP contribution in [0.2, 0.25) is 0 Å². The number of nitrogens with zero attached hydrogens (tertiary/aromatic N) is 3. The van der Waals surface area contributed by atoms with E-state index in [2.05, 4.69) is 5.32 Å². The minimum absolute atomic E-state index is 0.00212. The molecule has 1 spiro atoms. The third kappa shape index (κ3) is 6.30. The molecule has 1 heterocycles. The molecule has 4 rings (SSSR count). The number of halogens is 4. The molecule has 0 saturated carbocycles. The van der Waals surface area contributed by atoms with Gasteiger partial charge in [0.2, 0.25) is 17.4 Å². The van der Waals surface area contributed by atoms with Crippen LogP contribution in [0.3, 0.4) is 0 Å². The van der Waals surface area contributed by atoms with Gasteiger partial charge >= 0.3 is 18.3 Å². The van der Waals surface area contributed by atoms with Gasteiger partial charge in [-0.15, -0.1) is 0 Å². The highest BCUT2D eigenvalue weighted by Crippen LogP contribution is 2.46. The third-order valence-electron chi connectivity index (χ3n) is 7.47. The fourth-order valence-electron chi connectivity index (χ4n) is 4.97. The quantitative estimate of drug-likeness (QED) is 0.439. The summed E-state index contributed by atoms with van der Waals surface area (Å²) in [6.07, 6.45) is -5.80. The Morgan fingerprint density at radius 1 is 1.12 bits per heavy atom. The Balaban J connectivity index is 1.52. The summed E-state index contributed by atoms with van der Waals surface area (Å²) in [6.45, 7) is -0.719. The van der Waals surface area contributed by atoms with Gasteiger partial charge in [-0.3, -0.25) is 19.3 Å². The van der Waals surface area contributed by atoms with E-state index in [1.807, 2.05) is 0 Å². The van der Waals surface area contributed by atoms with Crippen LogP contribution >= 0.6 is 0 Å². The second kappa shape index (κ2) is 12.0. The van der Waals surface area contributed by atoms with E-state index in [-0.39, 0.29) is 31.4 Å². The summed E-state index contributed by atoms with van der Waals surface area (Å²) >= 11 is 0. The molecule has 11 nitrogen and oxygen atoms in total. The number of imide groups is 2. The summed E-state index contributed by atoms with van der Waals surface area (Å²) in [5.74, 6) is -3.17. The lowest BCUT2D eigenvalue weighted by Crippen LogP contribution is -2.51. The highest BCUT2D eigenvalue weighted by molar-refractivity contribution is 6.06. The number of hydrogen-bond donors (Lipinski definition) is 2. The summed E-state index contributed by atoms with van der Waals surface area (Å²) in [4.78, 5) is 65.7. The zero-order chi connectivity index (χ0) is 31.7. The first-order valence-electron chi connectivity index (χ1n) is 13.2. The van der Waals surface area contributed by atoms with Gasteiger partial charge in [0, 0.05) is 44.2 Å². The number of alkyl halides is 3. The average Bonchev–Trinajstić information content (AvgIpc) is 3.43. The van der Waals surface area contributed by atoms with E-state index in [1.54, 1.807) is 6.07 Å². The van der Waals surface area contributed by atoms with Gasteiger partial charge < -0.3 is 20.7 Å². The van der Waals surface area contributed by atoms with Crippen LogP contribution in [0.1, 0.15) is 36.5 Å². The van der Waals surface area contributed by atoms with Crippen molar-refractivity contribution in [1.29, 1.82) is 0 Å². The highest BCUT2D eigenvalue weighted by Gasteiger charge is 2.58. The third-order valence-corrected chi connectivity index (χ3v) is 7.47. The Hall–Kier alpha value is -4.53. The van der Waals surface area contributed by atoms with E-state index >= 15 is 0 Å². The molecule has 1 aliphatic carbocycles. The maximum absolute atomic E-state index is 13.7. The van der Waals surface area contributed by atoms with Crippen molar-refractivity contribution in [1.82, 2.24) is 14.7 Å². The predicted molar refractivity (Wildman–Crippen MR) is 143 cm³/mol. The molecule has 0 aromatic heterocycles. The van der Waals surface area contributed by atoms with Crippen LogP contribution in [0.4, 0.5) is 32.8 Å². The fraction of sp³-hybridized carbons (Fsp3) is 0.393. The molecule has 0 unspecified atom stereocenters. The molecule has 15 heteroatoms. The van der Waals surface area contributed by atoms with E-state index in [1.165, 1.54) is 31.3 Å². The smallest absolute Gasteiger partial charge is 0.418 e. The van der Waals surface area contributed by atoms with Crippen molar-refractivity contribution in [2.45, 2.75) is 50.6 Å². The number of carbonyl (C=O) groups is 5. The Morgan fingerprint density at radius 2 is 1.79 bits per heavy atom. The molecular weight excluding hydrogens is 578 g/mol. The maximum atomic E-state index is 13.7. The number of rotatable bonds is 8. The molecule has 230 valence electrons. The van der Waals surface area contributed by atoms with Crippen LogP contribution in [0.25, 0.3) is 0 Å². The molecule has 1 saturated heterocycles. The van der Waals surface area contributed by atoms with Crippen LogP contribution in [-0.4, -0.2) is 76.9 Å². The number of carbonyl (C=O) groups excluding carboxylic acids is 5. The van der Waals surface area contributed by atoms with Gasteiger partial charge in [0.25, 0.3) is 5.91 Å². The summed E-state index contributed by atoms with van der Waals surface area (Å²) in [5, 5.41) is 2.56. The summed E-state index contributed by atoms with van der Waals surface area (Å²) in [6, 6.07) is 5.99. The van der Waals surface area contributed by atoms with Crippen molar-refractivity contribution in [2.24, 2.45) is 5.73 Å². The van der Waals surface area contributed by atoms with Crippen LogP contribution < -0.4 is 11.1 Å². The maximum Gasteiger partial charge on any atom is 0.418 e. The number of ether oxygens (including phenoxy) is 1. The van der Waals surface area contributed by atoms with E-state index in [9.17, 15) is 41.5 Å². The minimum Gasteiger partial charge on any atom is -0.427 e. The van der Waals surface area contributed by atoms with Crippen molar-refractivity contribution in [3.05, 3.63) is 65.0 Å². The topological polar surface area (TPSA) is 142 Å². The van der Waals surface area contributed by atoms with E-state index in [0.717, 1.165) is 24.0 Å². The molecule has 43 heavy (non-hydrogen) atoms. The SMILES string of the molecule is C[C@H](N(Cc1ccc(F)cc1)C(=O)CN1C(=O)O[C@@]2(CCc3cc(NC(=O)N(C)C(=O)CCN)ccc32)C1=O)C(F)(F)F. The molecule has 2 atom stereocenters. The van der Waals surface area contributed by atoms with E-state index in [4.69, 9.17) is 10.5 Å². The van der Waals surface area contributed by atoms with Gasteiger partial charge in [-0.05, 0) is 48.7 Å². The zero-order valence-electron chi connectivity index (χ0n) is 23.2. The first-order chi connectivity index (χ1) is 20.2. The Morgan fingerprint density at radius 3 is 2.42 bits per heavy atom. The molecule has 2 aromatic rings. The van der Waals surface area contributed by atoms with E-state index < -0.39 is 66.6 Å².